The molecular formula is C23H24Cl2N6O2. The van der Waals surface area contributed by atoms with Gasteiger partial charge in [-0.15, -0.1) is 0 Å². The van der Waals surface area contributed by atoms with Crippen LogP contribution in [0.2, 0.25) is 10.0 Å². The highest BCUT2D eigenvalue weighted by molar-refractivity contribution is 6.35. The molecular weight excluding hydrogens is 463 g/mol. The molecule has 0 atom stereocenters. The average Bonchev–Trinajstić information content (AvgIpc) is 2.77. The summed E-state index contributed by atoms with van der Waals surface area (Å²) in [6.07, 6.45) is 6.27. The Labute approximate surface area is 202 Å². The summed E-state index contributed by atoms with van der Waals surface area (Å²) in [5.41, 5.74) is 8.66. The number of nitrogens with two attached hydrogens (primary N) is 1. The molecule has 3 heterocycles. The maximum absolute atomic E-state index is 8.68. The number of benzene rings is 1. The minimum absolute atomic E-state index is 0.0945. The van der Waals surface area contributed by atoms with Crippen LogP contribution in [0.25, 0.3) is 0 Å². The van der Waals surface area contributed by atoms with Crippen LogP contribution in [0, 0.1) is 10.8 Å². The molecule has 3 N–H and O–H groups in total. The van der Waals surface area contributed by atoms with E-state index in [4.69, 9.17) is 43.8 Å². The number of nitrogens with zero attached hydrogens (tertiary/aromatic N) is 4. The zero-order valence-electron chi connectivity index (χ0n) is 18.5. The number of nitrogen functional groups attached to an aromatic ring is 1. The number of pyridine rings is 1. The number of aromatic nitrogens is 3. The van der Waals surface area contributed by atoms with Crippen LogP contribution in [-0.2, 0) is 6.61 Å². The van der Waals surface area contributed by atoms with Crippen molar-refractivity contribution in [2.45, 2.75) is 20.5 Å². The molecule has 2 aromatic heterocycles. The van der Waals surface area contributed by atoms with Crippen molar-refractivity contribution < 1.29 is 9.47 Å². The van der Waals surface area contributed by atoms with Gasteiger partial charge in [0, 0.05) is 66.3 Å². The fourth-order valence-corrected chi connectivity index (χ4v) is 4.16. The van der Waals surface area contributed by atoms with Gasteiger partial charge in [-0.2, -0.15) is 0 Å². The van der Waals surface area contributed by atoms with Crippen molar-refractivity contribution in [3.05, 3.63) is 63.7 Å². The van der Waals surface area contributed by atoms with E-state index in [0.717, 1.165) is 13.1 Å². The van der Waals surface area contributed by atoms with Crippen molar-refractivity contribution in [3.8, 4) is 11.5 Å². The molecule has 10 heteroatoms. The zero-order chi connectivity index (χ0) is 23.8. The van der Waals surface area contributed by atoms with Gasteiger partial charge in [0.25, 0.3) is 0 Å². The van der Waals surface area contributed by atoms with E-state index in [1.54, 1.807) is 24.5 Å². The van der Waals surface area contributed by atoms with Crippen LogP contribution in [0.15, 0.2) is 36.9 Å². The van der Waals surface area contributed by atoms with Crippen molar-refractivity contribution >= 4 is 40.5 Å². The molecule has 1 fully saturated rings. The first-order valence-corrected chi connectivity index (χ1v) is 11.0. The van der Waals surface area contributed by atoms with Crippen LogP contribution in [0.1, 0.15) is 30.5 Å². The van der Waals surface area contributed by atoms with Crippen molar-refractivity contribution in [2.24, 2.45) is 5.41 Å². The third kappa shape index (κ3) is 4.82. The first-order chi connectivity index (χ1) is 15.7. The number of nitrogens with one attached hydrogen (secondary N) is 1. The second kappa shape index (κ2) is 9.03. The second-order valence-electron chi connectivity index (χ2n) is 8.63. The summed E-state index contributed by atoms with van der Waals surface area (Å²) in [4.78, 5) is 14.9. The highest BCUT2D eigenvalue weighted by Gasteiger charge is 2.35. The van der Waals surface area contributed by atoms with Gasteiger partial charge in [0.2, 0.25) is 5.95 Å². The maximum Gasteiger partial charge on any atom is 0.225 e. The Morgan fingerprint density at radius 1 is 1.09 bits per heavy atom. The fourth-order valence-electron chi connectivity index (χ4n) is 3.69. The average molecular weight is 487 g/mol. The Morgan fingerprint density at radius 2 is 1.73 bits per heavy atom. The van der Waals surface area contributed by atoms with E-state index in [0.29, 0.717) is 49.9 Å². The summed E-state index contributed by atoms with van der Waals surface area (Å²) < 4.78 is 11.3. The molecule has 1 aromatic carbocycles. The lowest BCUT2D eigenvalue weighted by molar-refractivity contribution is 0.272. The van der Waals surface area contributed by atoms with Gasteiger partial charge in [-0.1, -0.05) is 37.0 Å². The summed E-state index contributed by atoms with van der Waals surface area (Å²) in [7, 11) is 1.52. The summed E-state index contributed by atoms with van der Waals surface area (Å²) >= 11 is 12.4. The third-order valence-electron chi connectivity index (χ3n) is 5.38. The van der Waals surface area contributed by atoms with Gasteiger partial charge < -0.3 is 20.1 Å². The van der Waals surface area contributed by atoms with Crippen molar-refractivity contribution in [1.29, 1.82) is 5.41 Å². The van der Waals surface area contributed by atoms with E-state index in [1.807, 2.05) is 0 Å². The minimum atomic E-state index is 0.0945. The minimum Gasteiger partial charge on any atom is -0.493 e. The SMILES string of the molecule is COc1cc(N)c(C(=N)c2cnc(N3CC(C)(C)C3)nc2)cc1OCc1c(Cl)cncc1Cl. The molecule has 8 nitrogen and oxygen atoms in total. The lowest BCUT2D eigenvalue weighted by Crippen LogP contribution is -2.53. The Hall–Kier alpha value is -3.10. The van der Waals surface area contributed by atoms with E-state index >= 15 is 0 Å². The van der Waals surface area contributed by atoms with Crippen LogP contribution < -0.4 is 20.1 Å². The first-order valence-electron chi connectivity index (χ1n) is 10.2. The Bertz CT molecular complexity index is 1170. The zero-order valence-corrected chi connectivity index (χ0v) is 20.0. The second-order valence-corrected chi connectivity index (χ2v) is 9.44. The molecule has 1 aliphatic rings. The van der Waals surface area contributed by atoms with Crippen LogP contribution in [-0.4, -0.2) is 40.9 Å². The van der Waals surface area contributed by atoms with Crippen LogP contribution in [0.3, 0.4) is 0 Å². The highest BCUT2D eigenvalue weighted by Crippen LogP contribution is 2.35. The van der Waals surface area contributed by atoms with Gasteiger partial charge in [0.05, 0.1) is 22.9 Å². The van der Waals surface area contributed by atoms with Gasteiger partial charge >= 0.3 is 0 Å². The standard InChI is InChI=1S/C23H24Cl2N6O2/c1-23(2)11-31(12-23)22-29-6-13(7-30-22)21(27)14-4-20(19(32-3)5-18(14)26)33-10-15-16(24)8-28-9-17(15)25/h4-9,27H,10-12,26H2,1-3H3. The summed E-state index contributed by atoms with van der Waals surface area (Å²) in [5.74, 6) is 1.48. The van der Waals surface area contributed by atoms with Gasteiger partial charge in [0.1, 0.15) is 6.61 Å². The molecule has 3 aromatic rings. The smallest absolute Gasteiger partial charge is 0.225 e. The molecule has 0 radical (unpaired) electrons. The molecule has 0 unspecified atom stereocenters. The van der Waals surface area contributed by atoms with Crippen LogP contribution in [0.5, 0.6) is 11.5 Å². The van der Waals surface area contributed by atoms with E-state index in [2.05, 4.69) is 33.7 Å². The predicted molar refractivity (Wildman–Crippen MR) is 130 cm³/mol. The third-order valence-corrected chi connectivity index (χ3v) is 6.03. The molecule has 1 saturated heterocycles. The number of halogens is 2. The number of hydrogen-bond donors (Lipinski definition) is 2. The molecule has 1 aliphatic heterocycles. The molecule has 33 heavy (non-hydrogen) atoms. The summed E-state index contributed by atoms with van der Waals surface area (Å²) in [5, 5.41) is 9.47. The predicted octanol–water partition coefficient (Wildman–Crippen LogP) is 4.61. The fraction of sp³-hybridized carbons (Fsp3) is 0.304. The number of rotatable bonds is 7. The molecule has 172 valence electrons. The van der Waals surface area contributed by atoms with E-state index in [1.165, 1.54) is 19.5 Å². The van der Waals surface area contributed by atoms with Crippen molar-refractivity contribution in [1.82, 2.24) is 15.0 Å². The Kier molecular flexibility index (Phi) is 6.32. The highest BCUT2D eigenvalue weighted by atomic mass is 35.5. The number of anilines is 2. The Morgan fingerprint density at radius 3 is 2.30 bits per heavy atom. The molecule has 0 spiro atoms. The topological polar surface area (TPSA) is 110 Å². The summed E-state index contributed by atoms with van der Waals surface area (Å²) in [6, 6.07) is 3.28. The van der Waals surface area contributed by atoms with Gasteiger partial charge in [-0.25, -0.2) is 9.97 Å². The number of hydrogen-bond acceptors (Lipinski definition) is 8. The normalized spacial score (nSPS) is 14.5. The maximum atomic E-state index is 8.68. The monoisotopic (exact) mass is 486 g/mol. The van der Waals surface area contributed by atoms with Crippen molar-refractivity contribution in [3.63, 3.8) is 0 Å². The quantitative estimate of drug-likeness (QED) is 0.370. The molecule has 0 saturated carbocycles. The van der Waals surface area contributed by atoms with E-state index in [9.17, 15) is 0 Å². The lowest BCUT2D eigenvalue weighted by atomic mass is 9.85. The molecule has 0 amide bonds. The van der Waals surface area contributed by atoms with Gasteiger partial charge in [-0.05, 0) is 11.5 Å². The molecule has 0 bridgehead atoms. The lowest BCUT2D eigenvalue weighted by Gasteiger charge is -2.45. The van der Waals surface area contributed by atoms with Crippen LogP contribution >= 0.6 is 23.2 Å². The van der Waals surface area contributed by atoms with Crippen LogP contribution in [0.4, 0.5) is 11.6 Å². The van der Waals surface area contributed by atoms with Gasteiger partial charge in [0.15, 0.2) is 11.5 Å². The van der Waals surface area contributed by atoms with E-state index in [-0.39, 0.29) is 17.7 Å². The van der Waals surface area contributed by atoms with Gasteiger partial charge in [-0.3, -0.25) is 10.4 Å². The molecule has 0 aliphatic carbocycles. The summed E-state index contributed by atoms with van der Waals surface area (Å²) in [6.45, 7) is 6.31. The van der Waals surface area contributed by atoms with Crippen molar-refractivity contribution in [2.75, 3.05) is 30.8 Å². The Balaban J connectivity index is 1.56. The number of ether oxygens (including phenoxy) is 2. The van der Waals surface area contributed by atoms with E-state index < -0.39 is 0 Å². The number of methoxy groups -OCH3 is 1. The molecule has 4 rings (SSSR count). The largest absolute Gasteiger partial charge is 0.493 e. The first kappa shape index (κ1) is 23.1.